The summed E-state index contributed by atoms with van der Waals surface area (Å²) in [6, 6.07) is 0. The van der Waals surface area contributed by atoms with E-state index in [1.54, 1.807) is 6.08 Å². The van der Waals surface area contributed by atoms with Gasteiger partial charge in [-0.3, -0.25) is 0 Å². The molecule has 0 aromatic heterocycles. The largest absolute Gasteiger partial charge is 0.222 e. The van der Waals surface area contributed by atoms with Gasteiger partial charge in [0.1, 0.15) is 0 Å². The Labute approximate surface area is 61.5 Å². The smallest absolute Gasteiger partial charge is 0.151 e. The Morgan fingerprint density at radius 3 is 1.50 bits per heavy atom. The van der Waals surface area contributed by atoms with E-state index >= 15 is 0 Å². The van der Waals surface area contributed by atoms with Gasteiger partial charge in [0.05, 0.1) is 6.08 Å². The summed E-state index contributed by atoms with van der Waals surface area (Å²) in [6.07, 6.45) is 5.15. The van der Waals surface area contributed by atoms with E-state index in [9.17, 15) is 0 Å². The van der Waals surface area contributed by atoms with E-state index in [0.717, 1.165) is 0 Å². The fraction of sp³-hybridized carbons (Fsp3) is 0.200. The molecule has 0 saturated carbocycles. The van der Waals surface area contributed by atoms with Crippen LogP contribution in [0, 0.1) is 16.8 Å². The maximum Gasteiger partial charge on any atom is 0.151 e. The highest BCUT2D eigenvalue weighted by Crippen LogP contribution is 1.64. The summed E-state index contributed by atoms with van der Waals surface area (Å²) in [4.78, 5) is 0. The lowest BCUT2D eigenvalue weighted by atomic mass is 10.5. The highest BCUT2D eigenvalue weighted by molar-refractivity contribution is 4.92. The zero-order chi connectivity index (χ0) is 8.62. The first-order valence-electron chi connectivity index (χ1n) is 2.19. The first-order valence-corrected chi connectivity index (χ1v) is 3.43. The van der Waals surface area contributed by atoms with Gasteiger partial charge in [0, 0.05) is 6.58 Å². The summed E-state index contributed by atoms with van der Waals surface area (Å²) in [5.41, 5.74) is 0. The Morgan fingerprint density at radius 2 is 1.50 bits per heavy atom. The molecule has 0 aromatic rings. The monoisotopic (exact) mass is 166 g/mol. The van der Waals surface area contributed by atoms with Crippen LogP contribution in [0.4, 0.5) is 0 Å². The second-order valence-corrected chi connectivity index (χ2v) is 1.85. The Morgan fingerprint density at radius 1 is 1.20 bits per heavy atom. The standard InChI is InChI=1S/C5H7.ClHO4/c1-3-5-4-2;2-1(3,4)5/h1,3-5H,2H3;(H,2,3,4,5)/q+1;/p-1/b5-4+;. The lowest BCUT2D eigenvalue weighted by Gasteiger charge is -2.17. The quantitative estimate of drug-likeness (QED) is 0.303. The molecule has 0 aliphatic heterocycles. The molecule has 10 heavy (non-hydrogen) atoms. The van der Waals surface area contributed by atoms with Crippen LogP contribution >= 0.6 is 0 Å². The Hall–Kier alpha value is -0.480. The number of allylic oxidation sites excluding steroid dienone is 3. The minimum atomic E-state index is -4.94. The summed E-state index contributed by atoms with van der Waals surface area (Å²) in [5, 5.41) is 0. The van der Waals surface area contributed by atoms with E-state index in [1.165, 1.54) is 6.08 Å². The van der Waals surface area contributed by atoms with Gasteiger partial charge in [-0.2, -0.15) is 0 Å². The van der Waals surface area contributed by atoms with Crippen LogP contribution in [0.2, 0.25) is 0 Å². The van der Waals surface area contributed by atoms with Gasteiger partial charge in [0.2, 0.25) is 0 Å². The van der Waals surface area contributed by atoms with E-state index in [1.807, 2.05) is 13.0 Å². The predicted octanol–water partition coefficient (Wildman–Crippen LogP) is -3.20. The molecule has 0 fully saturated rings. The Kier molecular flexibility index (Phi) is 8.11. The van der Waals surface area contributed by atoms with Crippen LogP contribution in [0.25, 0.3) is 0 Å². The van der Waals surface area contributed by atoms with Crippen molar-refractivity contribution in [3.8, 4) is 0 Å². The molecule has 0 saturated heterocycles. The van der Waals surface area contributed by atoms with Crippen molar-refractivity contribution in [2.24, 2.45) is 0 Å². The molecule has 0 aromatic carbocycles. The number of rotatable bonds is 1. The highest BCUT2D eigenvalue weighted by atomic mass is 35.7. The molecule has 0 unspecified atom stereocenters. The third-order valence-electron chi connectivity index (χ3n) is 0.304. The predicted molar refractivity (Wildman–Crippen MR) is 23.7 cm³/mol. The summed E-state index contributed by atoms with van der Waals surface area (Å²) >= 11 is 0. The first-order chi connectivity index (χ1) is 4.41. The third-order valence-corrected chi connectivity index (χ3v) is 0.304. The van der Waals surface area contributed by atoms with Gasteiger partial charge in [-0.25, -0.2) is 18.6 Å². The Balaban J connectivity index is 0. The van der Waals surface area contributed by atoms with Crippen molar-refractivity contribution in [2.45, 2.75) is 6.92 Å². The molecule has 0 radical (unpaired) electrons. The van der Waals surface area contributed by atoms with Gasteiger partial charge in [-0.05, 0) is 13.0 Å². The van der Waals surface area contributed by atoms with E-state index in [-0.39, 0.29) is 0 Å². The molecule has 0 amide bonds. The molecule has 0 N–H and O–H groups in total. The fourth-order valence-electron chi connectivity index (χ4n) is 0.111. The van der Waals surface area contributed by atoms with E-state index in [2.05, 4.69) is 0 Å². The molecule has 58 valence electrons. The summed E-state index contributed by atoms with van der Waals surface area (Å²) < 4.78 is 34.0. The van der Waals surface area contributed by atoms with Crippen LogP contribution in [-0.4, -0.2) is 0 Å². The molecule has 0 aliphatic rings. The van der Waals surface area contributed by atoms with E-state index in [0.29, 0.717) is 0 Å². The van der Waals surface area contributed by atoms with Crippen LogP contribution in [0.3, 0.4) is 0 Å². The number of hydrogen-bond acceptors (Lipinski definition) is 4. The number of halogens is 1. The lowest BCUT2D eigenvalue weighted by molar-refractivity contribution is -2.00. The third kappa shape index (κ3) is 138. The van der Waals surface area contributed by atoms with E-state index in [4.69, 9.17) is 25.2 Å². The fourth-order valence-corrected chi connectivity index (χ4v) is 0.111. The molecule has 0 aliphatic carbocycles. The van der Waals surface area contributed by atoms with Crippen LogP contribution in [0.1, 0.15) is 6.92 Å². The topological polar surface area (TPSA) is 92.2 Å². The molecule has 0 rings (SSSR count). The van der Waals surface area contributed by atoms with Crippen LogP contribution in [0.15, 0.2) is 18.2 Å². The van der Waals surface area contributed by atoms with Gasteiger partial charge in [-0.1, -0.05) is 0 Å². The summed E-state index contributed by atoms with van der Waals surface area (Å²) in [7, 11) is -4.94. The van der Waals surface area contributed by atoms with Crippen LogP contribution in [-0.2, 0) is 0 Å². The van der Waals surface area contributed by atoms with Crippen molar-refractivity contribution in [3.05, 3.63) is 24.8 Å². The van der Waals surface area contributed by atoms with Crippen molar-refractivity contribution in [1.82, 2.24) is 0 Å². The second-order valence-electron chi connectivity index (χ2n) is 1.10. The van der Waals surface area contributed by atoms with E-state index < -0.39 is 10.2 Å². The van der Waals surface area contributed by atoms with Crippen molar-refractivity contribution < 1.29 is 28.9 Å². The summed E-state index contributed by atoms with van der Waals surface area (Å²) in [6.45, 7) is 6.85. The molecule has 0 heterocycles. The molecule has 0 atom stereocenters. The minimum absolute atomic E-state index is 1.50. The van der Waals surface area contributed by atoms with Gasteiger partial charge < -0.3 is 0 Å². The minimum Gasteiger partial charge on any atom is -0.222 e. The SMILES string of the molecule is [CH+]=C/C=C/C.[O-][Cl+3]([O-])([O-])[O-]. The molecule has 0 spiro atoms. The highest BCUT2D eigenvalue weighted by Gasteiger charge is 1.84. The molecule has 0 bridgehead atoms. The van der Waals surface area contributed by atoms with Crippen molar-refractivity contribution in [1.29, 1.82) is 0 Å². The number of hydrogen-bond donors (Lipinski definition) is 0. The maximum absolute atomic E-state index is 8.49. The van der Waals surface area contributed by atoms with Crippen LogP contribution < -0.4 is 18.6 Å². The van der Waals surface area contributed by atoms with Crippen molar-refractivity contribution in [3.63, 3.8) is 0 Å². The van der Waals surface area contributed by atoms with Gasteiger partial charge in [0.15, 0.2) is 6.08 Å². The van der Waals surface area contributed by atoms with Gasteiger partial charge in [-0.15, -0.1) is 10.2 Å². The van der Waals surface area contributed by atoms with Crippen molar-refractivity contribution in [2.75, 3.05) is 0 Å². The zero-order valence-corrected chi connectivity index (χ0v) is 6.08. The molecular weight excluding hydrogens is 160 g/mol. The first kappa shape index (κ1) is 12.2. The lowest BCUT2D eigenvalue weighted by Crippen LogP contribution is -2.68. The van der Waals surface area contributed by atoms with Gasteiger partial charge in [0.25, 0.3) is 0 Å². The second kappa shape index (κ2) is 6.64. The van der Waals surface area contributed by atoms with Gasteiger partial charge >= 0.3 is 0 Å². The van der Waals surface area contributed by atoms with Crippen LogP contribution in [0.5, 0.6) is 0 Å². The normalized spacial score (nSPS) is 10.4. The van der Waals surface area contributed by atoms with Crippen molar-refractivity contribution >= 4 is 0 Å². The molecular formula is C5H7ClO4. The zero-order valence-electron chi connectivity index (χ0n) is 5.32. The average Bonchev–Trinajstić information content (AvgIpc) is 1.63. The maximum atomic E-state index is 8.49. The summed E-state index contributed by atoms with van der Waals surface area (Å²) in [5.74, 6) is 0. The molecule has 4 nitrogen and oxygen atoms in total. The average molecular weight is 167 g/mol. The Bertz CT molecular complexity index is 98.7. The molecule has 5 heteroatoms.